The molecule has 2 heterocycles. The van der Waals surface area contributed by atoms with Gasteiger partial charge in [-0.1, -0.05) is 24.3 Å². The first-order valence-electron chi connectivity index (χ1n) is 9.48. The molecule has 156 valence electrons. The Morgan fingerprint density at radius 3 is 2.55 bits per heavy atom. The Labute approximate surface area is 182 Å². The SMILES string of the molecule is Cc1ccccc1CN1C(=O)S/C(=C\c2ccc(-c3ccc([N+](=O)[O-])cc3C)o2)C1=O. The third kappa shape index (κ3) is 4.15. The summed E-state index contributed by atoms with van der Waals surface area (Å²) in [6.45, 7) is 3.93. The van der Waals surface area contributed by atoms with Crippen molar-refractivity contribution in [1.29, 1.82) is 0 Å². The molecule has 0 spiro atoms. The van der Waals surface area contributed by atoms with Gasteiger partial charge >= 0.3 is 0 Å². The van der Waals surface area contributed by atoms with E-state index in [0.717, 1.165) is 28.5 Å². The van der Waals surface area contributed by atoms with Crippen LogP contribution in [0.15, 0.2) is 63.9 Å². The van der Waals surface area contributed by atoms with Crippen molar-refractivity contribution in [2.24, 2.45) is 0 Å². The summed E-state index contributed by atoms with van der Waals surface area (Å²) in [7, 11) is 0. The van der Waals surface area contributed by atoms with Crippen LogP contribution in [-0.2, 0) is 11.3 Å². The molecule has 8 heteroatoms. The average molecular weight is 434 g/mol. The number of rotatable bonds is 5. The highest BCUT2D eigenvalue weighted by molar-refractivity contribution is 8.18. The lowest BCUT2D eigenvalue weighted by Crippen LogP contribution is -2.27. The van der Waals surface area contributed by atoms with Crippen LogP contribution in [0.25, 0.3) is 17.4 Å². The van der Waals surface area contributed by atoms with E-state index >= 15 is 0 Å². The fourth-order valence-corrected chi connectivity index (χ4v) is 4.15. The van der Waals surface area contributed by atoms with Gasteiger partial charge in [0.2, 0.25) is 0 Å². The van der Waals surface area contributed by atoms with Gasteiger partial charge in [0, 0.05) is 23.8 Å². The van der Waals surface area contributed by atoms with Crippen LogP contribution in [-0.4, -0.2) is 21.0 Å². The maximum atomic E-state index is 12.8. The number of imide groups is 1. The molecule has 2 aromatic carbocycles. The number of hydrogen-bond acceptors (Lipinski definition) is 6. The van der Waals surface area contributed by atoms with Gasteiger partial charge in [0.25, 0.3) is 16.8 Å². The molecule has 31 heavy (non-hydrogen) atoms. The zero-order valence-corrected chi connectivity index (χ0v) is 17.6. The van der Waals surface area contributed by atoms with Gasteiger partial charge in [-0.3, -0.25) is 24.6 Å². The van der Waals surface area contributed by atoms with E-state index in [0.29, 0.717) is 22.0 Å². The van der Waals surface area contributed by atoms with Crippen LogP contribution < -0.4 is 0 Å². The van der Waals surface area contributed by atoms with Gasteiger partial charge in [0.05, 0.1) is 16.4 Å². The van der Waals surface area contributed by atoms with Crippen LogP contribution in [0.2, 0.25) is 0 Å². The summed E-state index contributed by atoms with van der Waals surface area (Å²) in [5.41, 5.74) is 3.36. The second-order valence-electron chi connectivity index (χ2n) is 7.15. The summed E-state index contributed by atoms with van der Waals surface area (Å²) in [4.78, 5) is 37.2. The van der Waals surface area contributed by atoms with Crippen LogP contribution in [0, 0.1) is 24.0 Å². The zero-order chi connectivity index (χ0) is 22.1. The van der Waals surface area contributed by atoms with Gasteiger partial charge in [0.1, 0.15) is 11.5 Å². The molecule has 0 saturated carbocycles. The molecule has 0 unspecified atom stereocenters. The predicted molar refractivity (Wildman–Crippen MR) is 118 cm³/mol. The molecule has 0 bridgehead atoms. The topological polar surface area (TPSA) is 93.7 Å². The lowest BCUT2D eigenvalue weighted by Gasteiger charge is -2.14. The van der Waals surface area contributed by atoms with Gasteiger partial charge in [0.15, 0.2) is 0 Å². The van der Waals surface area contributed by atoms with Crippen molar-refractivity contribution < 1.29 is 18.9 Å². The number of benzene rings is 2. The molecule has 2 amide bonds. The minimum Gasteiger partial charge on any atom is -0.457 e. The Morgan fingerprint density at radius 1 is 1.06 bits per heavy atom. The van der Waals surface area contributed by atoms with E-state index in [1.807, 2.05) is 31.2 Å². The zero-order valence-electron chi connectivity index (χ0n) is 16.8. The number of amides is 2. The van der Waals surface area contributed by atoms with Gasteiger partial charge in [-0.25, -0.2) is 0 Å². The Morgan fingerprint density at radius 2 is 1.84 bits per heavy atom. The van der Waals surface area contributed by atoms with Crippen molar-refractivity contribution in [3.63, 3.8) is 0 Å². The summed E-state index contributed by atoms with van der Waals surface area (Å²) in [5, 5.41) is 10.6. The van der Waals surface area contributed by atoms with Crippen molar-refractivity contribution in [3.05, 3.63) is 92.1 Å². The van der Waals surface area contributed by atoms with E-state index in [-0.39, 0.29) is 23.4 Å². The van der Waals surface area contributed by atoms with Crippen molar-refractivity contribution >= 4 is 34.7 Å². The van der Waals surface area contributed by atoms with Crippen LogP contribution in [0.3, 0.4) is 0 Å². The highest BCUT2D eigenvalue weighted by Gasteiger charge is 2.35. The van der Waals surface area contributed by atoms with Crippen LogP contribution in [0.4, 0.5) is 10.5 Å². The van der Waals surface area contributed by atoms with Crippen LogP contribution >= 0.6 is 11.8 Å². The Kier molecular flexibility index (Phi) is 5.48. The number of hydrogen-bond donors (Lipinski definition) is 0. The maximum Gasteiger partial charge on any atom is 0.293 e. The van der Waals surface area contributed by atoms with Crippen molar-refractivity contribution in [3.8, 4) is 11.3 Å². The maximum absolute atomic E-state index is 12.8. The Hall–Kier alpha value is -3.65. The number of nitrogens with zero attached hydrogens (tertiary/aromatic N) is 2. The number of carbonyl (C=O) groups excluding carboxylic acids is 2. The Balaban J connectivity index is 1.56. The second-order valence-corrected chi connectivity index (χ2v) is 8.15. The van der Waals surface area contributed by atoms with Gasteiger partial charge in [-0.2, -0.15) is 0 Å². The first kappa shape index (κ1) is 20.6. The van der Waals surface area contributed by atoms with E-state index in [2.05, 4.69) is 0 Å². The number of aryl methyl sites for hydroxylation is 2. The standard InChI is InChI=1S/C23H18N2O5S/c1-14-5-3-4-6-16(14)13-24-22(26)21(31-23(24)27)12-18-8-10-20(30-18)19-9-7-17(25(28)29)11-15(19)2/h3-12H,13H2,1-2H3/b21-12-. The third-order valence-electron chi connectivity index (χ3n) is 5.05. The quantitative estimate of drug-likeness (QED) is 0.290. The molecule has 1 fully saturated rings. The molecule has 3 aromatic rings. The molecule has 0 aliphatic carbocycles. The number of nitro groups is 1. The molecule has 0 N–H and O–H groups in total. The van der Waals surface area contributed by atoms with Crippen molar-refractivity contribution in [1.82, 2.24) is 4.90 Å². The minimum absolute atomic E-state index is 0.00959. The monoisotopic (exact) mass is 434 g/mol. The van der Waals surface area contributed by atoms with Gasteiger partial charge < -0.3 is 4.42 Å². The molecule has 0 radical (unpaired) electrons. The van der Waals surface area contributed by atoms with E-state index in [9.17, 15) is 19.7 Å². The molecule has 4 rings (SSSR count). The van der Waals surface area contributed by atoms with Crippen LogP contribution in [0.1, 0.15) is 22.5 Å². The van der Waals surface area contributed by atoms with E-state index in [1.54, 1.807) is 31.2 Å². The summed E-state index contributed by atoms with van der Waals surface area (Å²) in [6.07, 6.45) is 1.55. The molecule has 1 saturated heterocycles. The molecule has 1 aliphatic heterocycles. The Bertz CT molecular complexity index is 1240. The molecular weight excluding hydrogens is 416 g/mol. The second kappa shape index (κ2) is 8.23. The minimum atomic E-state index is -0.447. The fourth-order valence-electron chi connectivity index (χ4n) is 3.34. The average Bonchev–Trinajstić information content (AvgIpc) is 3.29. The summed E-state index contributed by atoms with van der Waals surface area (Å²) < 4.78 is 5.83. The first-order chi connectivity index (χ1) is 14.8. The number of furan rings is 1. The normalized spacial score (nSPS) is 15.2. The number of non-ortho nitro benzene ring substituents is 1. The molecule has 1 aliphatic rings. The van der Waals surface area contributed by atoms with Crippen molar-refractivity contribution in [2.75, 3.05) is 0 Å². The highest BCUT2D eigenvalue weighted by atomic mass is 32.2. The predicted octanol–water partition coefficient (Wildman–Crippen LogP) is 5.71. The summed E-state index contributed by atoms with van der Waals surface area (Å²) >= 11 is 0.879. The number of thioether (sulfide) groups is 1. The summed E-state index contributed by atoms with van der Waals surface area (Å²) in [5.74, 6) is 0.592. The molecular formula is C23H18N2O5S. The lowest BCUT2D eigenvalue weighted by molar-refractivity contribution is -0.384. The molecule has 7 nitrogen and oxygen atoms in total. The fraction of sp³-hybridized carbons (Fsp3) is 0.130. The largest absolute Gasteiger partial charge is 0.457 e. The molecule has 0 atom stereocenters. The third-order valence-corrected chi connectivity index (χ3v) is 5.96. The van der Waals surface area contributed by atoms with E-state index in [4.69, 9.17) is 4.42 Å². The smallest absolute Gasteiger partial charge is 0.293 e. The first-order valence-corrected chi connectivity index (χ1v) is 10.3. The summed E-state index contributed by atoms with van der Waals surface area (Å²) in [6, 6.07) is 15.6. The van der Waals surface area contributed by atoms with Crippen LogP contribution in [0.5, 0.6) is 0 Å². The number of nitro benzene ring substituents is 1. The van der Waals surface area contributed by atoms with Gasteiger partial charge in [-0.15, -0.1) is 0 Å². The highest BCUT2D eigenvalue weighted by Crippen LogP contribution is 2.35. The molecule has 1 aromatic heterocycles. The van der Waals surface area contributed by atoms with E-state index in [1.165, 1.54) is 17.0 Å². The number of carbonyl (C=O) groups is 2. The van der Waals surface area contributed by atoms with E-state index < -0.39 is 4.92 Å². The van der Waals surface area contributed by atoms with Crippen molar-refractivity contribution in [2.45, 2.75) is 20.4 Å². The van der Waals surface area contributed by atoms with Gasteiger partial charge in [-0.05, 0) is 60.5 Å². The lowest BCUT2D eigenvalue weighted by atomic mass is 10.1.